The van der Waals surface area contributed by atoms with E-state index in [2.05, 4.69) is 0 Å². The van der Waals surface area contributed by atoms with Crippen LogP contribution in [0.5, 0.6) is 0 Å². The predicted octanol–water partition coefficient (Wildman–Crippen LogP) is 5.12. The lowest BCUT2D eigenvalue weighted by Crippen LogP contribution is -2.48. The van der Waals surface area contributed by atoms with Gasteiger partial charge in [0.05, 0.1) is 43.7 Å². The van der Waals surface area contributed by atoms with Crippen molar-refractivity contribution in [2.45, 2.75) is 94.8 Å². The molecule has 53 heavy (non-hydrogen) atoms. The Morgan fingerprint density at radius 1 is 0.962 bits per heavy atom. The SMILES string of the molecule is COC(=O)CCCCN1C(=O)[C@@]2(O[C@@H](CC(=O)N3Cc4ccccc4C[C@H]3CO)[C@H]([Si](C)(C)O)[C@H]2C)c2cc(N3C(=O)CCc4ccccc43)ccc21. The molecule has 4 aliphatic heterocycles. The number of aliphatic hydroxyl groups excluding tert-OH is 1. The molecule has 1 saturated heterocycles. The van der Waals surface area contributed by atoms with Gasteiger partial charge in [0.1, 0.15) is 0 Å². The monoisotopic (exact) mass is 739 g/mol. The maximum absolute atomic E-state index is 15.0. The third-order valence-corrected chi connectivity index (χ3v) is 14.3. The molecule has 0 aromatic heterocycles. The van der Waals surface area contributed by atoms with Gasteiger partial charge >= 0.3 is 5.97 Å². The number of benzene rings is 3. The lowest BCUT2D eigenvalue weighted by Gasteiger charge is -2.37. The van der Waals surface area contributed by atoms with Crippen LogP contribution >= 0.6 is 0 Å². The third kappa shape index (κ3) is 6.49. The van der Waals surface area contributed by atoms with Crippen LogP contribution in [-0.4, -0.2) is 79.2 Å². The average molecular weight is 740 g/mol. The molecule has 3 amide bonds. The van der Waals surface area contributed by atoms with E-state index in [1.807, 2.05) is 86.7 Å². The number of carbonyl (C=O) groups is 4. The second kappa shape index (κ2) is 14.5. The number of amides is 3. The van der Waals surface area contributed by atoms with E-state index in [4.69, 9.17) is 9.47 Å². The molecular weight excluding hydrogens is 691 g/mol. The first-order valence-electron chi connectivity index (χ1n) is 18.7. The molecule has 4 aliphatic rings. The smallest absolute Gasteiger partial charge is 0.305 e. The standard InChI is InChI=1S/C41H49N3O8Si/c1-26-39(53(3,4)50)35(23-37(47)43-24-29-13-6-5-12-28(29)21-31(43)25-45)52-41(26)32-22-30(44-33-14-8-7-11-27(33)16-19-36(44)46)17-18-34(32)42(40(41)49)20-10-9-15-38(48)51-2/h5-8,11-14,17-18,22,26,31,35,39,45,50H,9-10,15-16,19-21,23-25H2,1-4H3/t26-,31+,35+,39-,41+/m1/s1. The number of aryl methyl sites for hydroxylation is 1. The molecule has 0 aliphatic carbocycles. The molecule has 5 atom stereocenters. The van der Waals surface area contributed by atoms with Gasteiger partial charge in [0.15, 0.2) is 13.9 Å². The quantitative estimate of drug-likeness (QED) is 0.166. The molecule has 4 heterocycles. The van der Waals surface area contributed by atoms with Crippen molar-refractivity contribution in [3.05, 3.63) is 89.0 Å². The van der Waals surface area contributed by atoms with E-state index in [1.165, 1.54) is 7.11 Å². The van der Waals surface area contributed by atoms with E-state index in [1.54, 1.807) is 14.7 Å². The summed E-state index contributed by atoms with van der Waals surface area (Å²) in [6, 6.07) is 20.9. The van der Waals surface area contributed by atoms with Crippen molar-refractivity contribution in [3.8, 4) is 0 Å². The van der Waals surface area contributed by atoms with E-state index in [-0.39, 0.29) is 43.1 Å². The lowest BCUT2D eigenvalue weighted by atomic mass is 9.82. The zero-order valence-electron chi connectivity index (χ0n) is 30.9. The summed E-state index contributed by atoms with van der Waals surface area (Å²) in [5.74, 6) is -1.36. The summed E-state index contributed by atoms with van der Waals surface area (Å²) < 4.78 is 11.8. The highest BCUT2D eigenvalue weighted by Crippen LogP contribution is 2.60. The number of anilines is 3. The number of nitrogens with zero attached hydrogens (tertiary/aromatic N) is 3. The molecule has 11 nitrogen and oxygen atoms in total. The van der Waals surface area contributed by atoms with E-state index >= 15 is 4.79 Å². The molecule has 0 saturated carbocycles. The van der Waals surface area contributed by atoms with Gasteiger partial charge < -0.3 is 29.2 Å². The molecular formula is C41H49N3O8Si. The molecule has 7 rings (SSSR count). The van der Waals surface area contributed by atoms with Crippen LogP contribution in [0.3, 0.4) is 0 Å². The molecule has 2 N–H and O–H groups in total. The molecule has 1 fully saturated rings. The summed E-state index contributed by atoms with van der Waals surface area (Å²) >= 11 is 0. The Hall–Kier alpha value is -4.36. The van der Waals surface area contributed by atoms with Crippen LogP contribution in [0.2, 0.25) is 18.6 Å². The first kappa shape index (κ1) is 37.0. The van der Waals surface area contributed by atoms with Gasteiger partial charge in [-0.05, 0) is 79.7 Å². The fourth-order valence-corrected chi connectivity index (χ4v) is 11.9. The van der Waals surface area contributed by atoms with Crippen LogP contribution in [0.1, 0.15) is 61.3 Å². The van der Waals surface area contributed by atoms with E-state index in [0.29, 0.717) is 62.1 Å². The van der Waals surface area contributed by atoms with Gasteiger partial charge in [-0.25, -0.2) is 0 Å². The van der Waals surface area contributed by atoms with E-state index in [9.17, 15) is 24.3 Å². The van der Waals surface area contributed by atoms with Gasteiger partial charge in [0, 0.05) is 48.6 Å². The summed E-state index contributed by atoms with van der Waals surface area (Å²) in [4.78, 5) is 71.7. The average Bonchev–Trinajstić information content (AvgIpc) is 3.57. The lowest BCUT2D eigenvalue weighted by molar-refractivity contribution is -0.151. The van der Waals surface area contributed by atoms with Crippen LogP contribution in [-0.2, 0) is 53.6 Å². The minimum absolute atomic E-state index is 0.0473. The number of ether oxygens (including phenoxy) is 2. The number of esters is 1. The van der Waals surface area contributed by atoms with Gasteiger partial charge in [-0.15, -0.1) is 0 Å². The van der Waals surface area contributed by atoms with Crippen LogP contribution in [0.25, 0.3) is 0 Å². The van der Waals surface area contributed by atoms with Gasteiger partial charge in [0.2, 0.25) is 11.8 Å². The largest absolute Gasteiger partial charge is 0.469 e. The number of carbonyl (C=O) groups excluding carboxylic acids is 4. The van der Waals surface area contributed by atoms with E-state index < -0.39 is 37.5 Å². The molecule has 1 spiro atoms. The van der Waals surface area contributed by atoms with Crippen LogP contribution in [0.4, 0.5) is 17.1 Å². The summed E-state index contributed by atoms with van der Waals surface area (Å²) in [5.41, 5.74) is 3.84. The topological polar surface area (TPSA) is 137 Å². The van der Waals surface area contributed by atoms with Crippen LogP contribution in [0, 0.1) is 5.92 Å². The fourth-order valence-electron chi connectivity index (χ4n) is 9.31. The minimum Gasteiger partial charge on any atom is -0.469 e. The van der Waals surface area contributed by atoms with Crippen LogP contribution in [0.15, 0.2) is 66.7 Å². The van der Waals surface area contributed by atoms with Gasteiger partial charge in [-0.2, -0.15) is 0 Å². The summed E-state index contributed by atoms with van der Waals surface area (Å²) in [7, 11) is -1.75. The number of para-hydroxylation sites is 1. The molecule has 12 heteroatoms. The Morgan fingerprint density at radius 3 is 2.40 bits per heavy atom. The molecule has 0 radical (unpaired) electrons. The Kier molecular flexibility index (Phi) is 10.1. The van der Waals surface area contributed by atoms with Crippen molar-refractivity contribution in [2.75, 3.05) is 30.1 Å². The van der Waals surface area contributed by atoms with Crippen molar-refractivity contribution in [2.24, 2.45) is 5.92 Å². The number of rotatable bonds is 10. The molecule has 280 valence electrons. The number of unbranched alkanes of at least 4 members (excludes halogenated alkanes) is 1. The Morgan fingerprint density at radius 2 is 1.68 bits per heavy atom. The van der Waals surface area contributed by atoms with Gasteiger partial charge in [-0.1, -0.05) is 49.4 Å². The first-order valence-corrected chi connectivity index (χ1v) is 21.7. The number of hydrogen-bond acceptors (Lipinski definition) is 8. The highest BCUT2D eigenvalue weighted by atomic mass is 28.4. The first-order chi connectivity index (χ1) is 25.4. The Bertz CT molecular complexity index is 1930. The van der Waals surface area contributed by atoms with Crippen molar-refractivity contribution >= 4 is 49.1 Å². The second-order valence-electron chi connectivity index (χ2n) is 15.4. The van der Waals surface area contributed by atoms with E-state index in [0.717, 1.165) is 22.4 Å². The van der Waals surface area contributed by atoms with Crippen molar-refractivity contribution in [3.63, 3.8) is 0 Å². The van der Waals surface area contributed by atoms with Gasteiger partial charge in [0.25, 0.3) is 5.91 Å². The third-order valence-electron chi connectivity index (χ3n) is 11.8. The molecule has 3 aromatic rings. The second-order valence-corrected chi connectivity index (χ2v) is 19.4. The molecule has 0 unspecified atom stereocenters. The minimum atomic E-state index is -3.10. The van der Waals surface area contributed by atoms with Crippen molar-refractivity contribution in [1.29, 1.82) is 0 Å². The molecule has 0 bridgehead atoms. The highest BCUT2D eigenvalue weighted by molar-refractivity contribution is 6.71. The molecule has 3 aromatic carbocycles. The number of fused-ring (bicyclic) bond motifs is 4. The zero-order chi connectivity index (χ0) is 37.7. The van der Waals surface area contributed by atoms with Crippen molar-refractivity contribution < 1.29 is 38.6 Å². The Balaban J connectivity index is 1.27. The number of hydrogen-bond donors (Lipinski definition) is 2. The summed E-state index contributed by atoms with van der Waals surface area (Å²) in [6.45, 7) is 6.08. The maximum atomic E-state index is 15.0. The van der Waals surface area contributed by atoms with Crippen LogP contribution < -0.4 is 9.80 Å². The number of aliphatic hydroxyl groups is 1. The number of methoxy groups -OCH3 is 1. The highest BCUT2D eigenvalue weighted by Gasteiger charge is 2.66. The maximum Gasteiger partial charge on any atom is 0.305 e. The summed E-state index contributed by atoms with van der Waals surface area (Å²) in [6.07, 6.45) is 1.97. The predicted molar refractivity (Wildman–Crippen MR) is 202 cm³/mol. The fraction of sp³-hybridized carbons (Fsp3) is 0.463. The normalized spacial score (nSPS) is 25.1. The Labute approximate surface area is 311 Å². The zero-order valence-corrected chi connectivity index (χ0v) is 31.9. The van der Waals surface area contributed by atoms with Gasteiger partial charge in [-0.3, -0.25) is 24.1 Å². The van der Waals surface area contributed by atoms with Crippen molar-refractivity contribution in [1.82, 2.24) is 4.90 Å². The summed E-state index contributed by atoms with van der Waals surface area (Å²) in [5, 5.41) is 10.3.